The van der Waals surface area contributed by atoms with E-state index in [4.69, 9.17) is 11.6 Å². The Labute approximate surface area is 126 Å². The third-order valence-electron chi connectivity index (χ3n) is 2.88. The Morgan fingerprint density at radius 2 is 2.05 bits per heavy atom. The van der Waals surface area contributed by atoms with Crippen LogP contribution in [0.2, 0.25) is 5.02 Å². The van der Waals surface area contributed by atoms with Gasteiger partial charge in [-0.25, -0.2) is 0 Å². The van der Waals surface area contributed by atoms with Gasteiger partial charge in [0.2, 0.25) is 0 Å². The number of rotatable bonds is 4. The summed E-state index contributed by atoms with van der Waals surface area (Å²) in [6.45, 7) is 4.20. The number of hydrogen-bond acceptors (Lipinski definition) is 3. The fourth-order valence-corrected chi connectivity index (χ4v) is 2.63. The topological polar surface area (TPSA) is 42.7 Å². The minimum absolute atomic E-state index is 0.0310. The molecule has 19 heavy (non-hydrogen) atoms. The van der Waals surface area contributed by atoms with Gasteiger partial charge in [0.15, 0.2) is 0 Å². The van der Waals surface area contributed by atoms with E-state index in [2.05, 4.69) is 45.2 Å². The van der Waals surface area contributed by atoms with Crippen molar-refractivity contribution in [3.05, 3.63) is 45.4 Å². The van der Waals surface area contributed by atoms with E-state index in [0.717, 1.165) is 15.9 Å². The molecule has 0 bridgehead atoms. The average molecular weight is 344 g/mol. The predicted molar refractivity (Wildman–Crippen MR) is 80.5 cm³/mol. The first-order valence-corrected chi connectivity index (χ1v) is 7.23. The number of halogens is 2. The van der Waals surface area contributed by atoms with E-state index in [-0.39, 0.29) is 12.1 Å². The Morgan fingerprint density at radius 1 is 1.32 bits per heavy atom. The summed E-state index contributed by atoms with van der Waals surface area (Å²) in [5, 5.41) is 8.32. The van der Waals surface area contributed by atoms with Crippen LogP contribution in [0.3, 0.4) is 0 Å². The highest BCUT2D eigenvalue weighted by atomic mass is 79.9. The molecule has 102 valence electrons. The SMILES string of the molecule is CNC(c1ccc(Cl)cn1)c1c(Br)cnn1C(C)C. The highest BCUT2D eigenvalue weighted by Gasteiger charge is 2.22. The van der Waals surface area contributed by atoms with Crippen molar-refractivity contribution >= 4 is 27.5 Å². The molecular formula is C13H16BrClN4. The largest absolute Gasteiger partial charge is 0.307 e. The Bertz CT molecular complexity index is 550. The van der Waals surface area contributed by atoms with Crippen molar-refractivity contribution in [1.29, 1.82) is 0 Å². The molecule has 0 aliphatic rings. The van der Waals surface area contributed by atoms with Crippen LogP contribution in [0.4, 0.5) is 0 Å². The first-order chi connectivity index (χ1) is 9.04. The van der Waals surface area contributed by atoms with Crippen molar-refractivity contribution in [3.8, 4) is 0 Å². The molecule has 0 aliphatic heterocycles. The summed E-state index contributed by atoms with van der Waals surface area (Å²) in [5.41, 5.74) is 1.97. The van der Waals surface area contributed by atoms with Crippen molar-refractivity contribution in [2.24, 2.45) is 0 Å². The fourth-order valence-electron chi connectivity index (χ4n) is 2.02. The number of nitrogens with zero attached hydrogens (tertiary/aromatic N) is 3. The van der Waals surface area contributed by atoms with Gasteiger partial charge in [-0.1, -0.05) is 11.6 Å². The van der Waals surface area contributed by atoms with Crippen LogP contribution in [0.25, 0.3) is 0 Å². The zero-order valence-corrected chi connectivity index (χ0v) is 13.4. The van der Waals surface area contributed by atoms with Crippen molar-refractivity contribution < 1.29 is 0 Å². The van der Waals surface area contributed by atoms with Crippen molar-refractivity contribution in [1.82, 2.24) is 20.1 Å². The van der Waals surface area contributed by atoms with Crippen LogP contribution in [0.1, 0.15) is 37.3 Å². The standard InChI is InChI=1S/C13H16BrClN4/c1-8(2)19-13(10(14)7-18-19)12(16-3)11-5-4-9(15)6-17-11/h4-8,12,16H,1-3H3. The molecule has 2 aromatic heterocycles. The molecule has 4 nitrogen and oxygen atoms in total. The van der Waals surface area contributed by atoms with E-state index in [9.17, 15) is 0 Å². The minimum Gasteiger partial charge on any atom is -0.307 e. The third-order valence-corrected chi connectivity index (χ3v) is 3.72. The maximum absolute atomic E-state index is 5.89. The lowest BCUT2D eigenvalue weighted by Crippen LogP contribution is -2.23. The summed E-state index contributed by atoms with van der Waals surface area (Å²) in [7, 11) is 1.91. The molecule has 0 saturated heterocycles. The Kier molecular flexibility index (Phi) is 4.60. The molecule has 6 heteroatoms. The van der Waals surface area contributed by atoms with E-state index in [1.165, 1.54) is 0 Å². The molecule has 0 radical (unpaired) electrons. The lowest BCUT2D eigenvalue weighted by Gasteiger charge is -2.20. The molecule has 1 N–H and O–H groups in total. The molecular weight excluding hydrogens is 328 g/mol. The van der Waals surface area contributed by atoms with Crippen LogP contribution >= 0.6 is 27.5 Å². The van der Waals surface area contributed by atoms with Gasteiger partial charge in [0, 0.05) is 12.2 Å². The van der Waals surface area contributed by atoms with Gasteiger partial charge in [0.05, 0.1) is 33.1 Å². The van der Waals surface area contributed by atoms with E-state index in [1.54, 1.807) is 6.20 Å². The van der Waals surface area contributed by atoms with Gasteiger partial charge in [-0.2, -0.15) is 5.10 Å². The van der Waals surface area contributed by atoms with Crippen LogP contribution in [0.5, 0.6) is 0 Å². The summed E-state index contributed by atoms with van der Waals surface area (Å²) in [4.78, 5) is 4.39. The Morgan fingerprint density at radius 3 is 2.58 bits per heavy atom. The fraction of sp³-hybridized carbons (Fsp3) is 0.385. The zero-order chi connectivity index (χ0) is 14.0. The minimum atomic E-state index is -0.0310. The quantitative estimate of drug-likeness (QED) is 0.922. The molecule has 1 unspecified atom stereocenters. The molecule has 1 atom stereocenters. The Balaban J connectivity index is 2.47. The number of hydrogen-bond donors (Lipinski definition) is 1. The summed E-state index contributed by atoms with van der Waals surface area (Å²) in [6.07, 6.45) is 3.47. The molecule has 2 rings (SSSR count). The number of nitrogens with one attached hydrogen (secondary N) is 1. The normalized spacial score (nSPS) is 12.9. The molecule has 0 amide bonds. The van der Waals surface area contributed by atoms with Crippen molar-refractivity contribution in [2.45, 2.75) is 25.9 Å². The van der Waals surface area contributed by atoms with Crippen LogP contribution < -0.4 is 5.32 Å². The first kappa shape index (κ1) is 14.5. The summed E-state index contributed by atoms with van der Waals surface area (Å²) in [5.74, 6) is 0. The smallest absolute Gasteiger partial charge is 0.0931 e. The maximum Gasteiger partial charge on any atom is 0.0931 e. The second-order valence-electron chi connectivity index (χ2n) is 4.54. The highest BCUT2D eigenvalue weighted by Crippen LogP contribution is 2.29. The monoisotopic (exact) mass is 342 g/mol. The first-order valence-electron chi connectivity index (χ1n) is 6.06. The lowest BCUT2D eigenvalue weighted by molar-refractivity contribution is 0.480. The molecule has 0 aromatic carbocycles. The van der Waals surface area contributed by atoms with E-state index < -0.39 is 0 Å². The molecule has 0 aliphatic carbocycles. The second kappa shape index (κ2) is 6.03. The summed E-state index contributed by atoms with van der Waals surface area (Å²) < 4.78 is 2.96. The van der Waals surface area contributed by atoms with Crippen molar-refractivity contribution in [2.75, 3.05) is 7.05 Å². The van der Waals surface area contributed by atoms with Crippen LogP contribution in [0.15, 0.2) is 29.0 Å². The molecule has 0 saturated carbocycles. The van der Waals surface area contributed by atoms with Crippen molar-refractivity contribution in [3.63, 3.8) is 0 Å². The van der Waals surface area contributed by atoms with Gasteiger partial charge >= 0.3 is 0 Å². The summed E-state index contributed by atoms with van der Waals surface area (Å²) >= 11 is 9.45. The van der Waals surface area contributed by atoms with Gasteiger partial charge in [-0.15, -0.1) is 0 Å². The lowest BCUT2D eigenvalue weighted by atomic mass is 10.1. The highest BCUT2D eigenvalue weighted by molar-refractivity contribution is 9.10. The predicted octanol–water partition coefficient (Wildman–Crippen LogP) is 3.58. The van der Waals surface area contributed by atoms with Gasteiger partial charge in [0.25, 0.3) is 0 Å². The average Bonchev–Trinajstić information content (AvgIpc) is 2.75. The van der Waals surface area contributed by atoms with Gasteiger partial charge in [0.1, 0.15) is 0 Å². The number of pyridine rings is 1. The summed E-state index contributed by atoms with van der Waals surface area (Å²) in [6, 6.07) is 4.02. The van der Waals surface area contributed by atoms with Gasteiger partial charge < -0.3 is 5.32 Å². The van der Waals surface area contributed by atoms with E-state index in [1.807, 2.05) is 30.1 Å². The van der Waals surface area contributed by atoms with Crippen LogP contribution in [0, 0.1) is 0 Å². The molecule has 0 spiro atoms. The molecule has 0 fully saturated rings. The zero-order valence-electron chi connectivity index (χ0n) is 11.1. The second-order valence-corrected chi connectivity index (χ2v) is 5.83. The molecule has 2 heterocycles. The molecule has 2 aromatic rings. The Hall–Kier alpha value is -0.910. The van der Waals surface area contributed by atoms with E-state index in [0.29, 0.717) is 5.02 Å². The third kappa shape index (κ3) is 2.99. The van der Waals surface area contributed by atoms with Crippen LogP contribution in [-0.4, -0.2) is 21.8 Å². The van der Waals surface area contributed by atoms with Gasteiger partial charge in [-0.3, -0.25) is 9.67 Å². The van der Waals surface area contributed by atoms with E-state index >= 15 is 0 Å². The number of aromatic nitrogens is 3. The van der Waals surface area contributed by atoms with Gasteiger partial charge in [-0.05, 0) is 49.0 Å². The van der Waals surface area contributed by atoms with Crippen LogP contribution in [-0.2, 0) is 0 Å². The maximum atomic E-state index is 5.89.